The van der Waals surface area contributed by atoms with Gasteiger partial charge in [-0.15, -0.1) is 0 Å². The maximum absolute atomic E-state index is 12.4. The Bertz CT molecular complexity index is 492. The fraction of sp³-hybridized carbons (Fsp3) is 0.800. The number of carbonyl (C=O) groups excluding carboxylic acids is 2. The number of hydrogen-bond acceptors (Lipinski definition) is 6. The van der Waals surface area contributed by atoms with E-state index >= 15 is 0 Å². The fourth-order valence-electron chi connectivity index (χ4n) is 3.25. The highest BCUT2D eigenvalue weighted by Gasteiger charge is 2.35. The molecule has 7 heteroatoms. The number of nitrogens with one attached hydrogen (secondary N) is 1. The van der Waals surface area contributed by atoms with Gasteiger partial charge in [-0.25, -0.2) is 4.79 Å². The van der Waals surface area contributed by atoms with E-state index < -0.39 is 12.1 Å². The quantitative estimate of drug-likeness (QED) is 0.349. The molecular weight excluding hydrogens is 346 g/mol. The summed E-state index contributed by atoms with van der Waals surface area (Å²) >= 11 is 0. The third-order valence-corrected chi connectivity index (χ3v) is 4.86. The summed E-state index contributed by atoms with van der Waals surface area (Å²) in [6, 6.07) is -0.749. The van der Waals surface area contributed by atoms with Gasteiger partial charge < -0.3 is 26.3 Å². The molecule has 0 fully saturated rings. The second-order valence-electron chi connectivity index (χ2n) is 7.16. The standard InChI is InChI=1S/C20H37N3O4/c1-4-16(5-2)27-18-13-15(12-17(22)19(18)23-14(3)24)20(25)26-11-9-7-6-8-10-21/h13,16-19H,4-12,21-22H2,1-3H3,(H,23,24)/t17-,18+,19+/m0/s1. The molecule has 27 heavy (non-hydrogen) atoms. The van der Waals surface area contributed by atoms with E-state index in [2.05, 4.69) is 5.32 Å². The smallest absolute Gasteiger partial charge is 0.333 e. The fourth-order valence-corrected chi connectivity index (χ4v) is 3.25. The highest BCUT2D eigenvalue weighted by molar-refractivity contribution is 5.89. The first-order valence-corrected chi connectivity index (χ1v) is 10.2. The molecule has 5 N–H and O–H groups in total. The maximum atomic E-state index is 12.4. The normalized spacial score (nSPS) is 22.4. The number of ether oxygens (including phenoxy) is 2. The van der Waals surface area contributed by atoms with Gasteiger partial charge in [-0.1, -0.05) is 26.7 Å². The summed E-state index contributed by atoms with van der Waals surface area (Å²) in [7, 11) is 0. The predicted octanol–water partition coefficient (Wildman–Crippen LogP) is 1.78. The van der Waals surface area contributed by atoms with E-state index in [4.69, 9.17) is 20.9 Å². The van der Waals surface area contributed by atoms with Gasteiger partial charge in [0.05, 0.1) is 24.9 Å². The lowest BCUT2D eigenvalue weighted by Gasteiger charge is -2.36. The number of esters is 1. The lowest BCUT2D eigenvalue weighted by atomic mass is 9.88. The van der Waals surface area contributed by atoms with Gasteiger partial charge in [-0.3, -0.25) is 4.79 Å². The van der Waals surface area contributed by atoms with Crippen LogP contribution in [0.4, 0.5) is 0 Å². The molecule has 1 aliphatic rings. The lowest BCUT2D eigenvalue weighted by molar-refractivity contribution is -0.139. The topological polar surface area (TPSA) is 117 Å². The Morgan fingerprint density at radius 1 is 1.22 bits per heavy atom. The molecule has 0 heterocycles. The summed E-state index contributed by atoms with van der Waals surface area (Å²) in [5.74, 6) is -0.505. The second-order valence-corrected chi connectivity index (χ2v) is 7.16. The molecule has 0 saturated carbocycles. The molecule has 0 aromatic carbocycles. The van der Waals surface area contributed by atoms with Crippen LogP contribution in [-0.2, 0) is 19.1 Å². The highest BCUT2D eigenvalue weighted by atomic mass is 16.5. The average molecular weight is 384 g/mol. The van der Waals surface area contributed by atoms with E-state index in [-0.39, 0.29) is 24.0 Å². The van der Waals surface area contributed by atoms with Gasteiger partial charge in [0.25, 0.3) is 0 Å². The summed E-state index contributed by atoms with van der Waals surface area (Å²) in [5.41, 5.74) is 12.3. The van der Waals surface area contributed by atoms with E-state index in [1.165, 1.54) is 6.92 Å². The van der Waals surface area contributed by atoms with Crippen molar-refractivity contribution in [3.8, 4) is 0 Å². The number of rotatable bonds is 12. The molecule has 0 saturated heterocycles. The van der Waals surface area contributed by atoms with Gasteiger partial charge in [0.1, 0.15) is 0 Å². The molecule has 0 unspecified atom stereocenters. The molecule has 1 aliphatic carbocycles. The Labute approximate surface area is 163 Å². The number of amides is 1. The zero-order valence-corrected chi connectivity index (χ0v) is 17.0. The Balaban J connectivity index is 2.72. The predicted molar refractivity (Wildman–Crippen MR) is 106 cm³/mol. The minimum absolute atomic E-state index is 0.0487. The summed E-state index contributed by atoms with van der Waals surface area (Å²) < 4.78 is 11.5. The Morgan fingerprint density at radius 3 is 2.48 bits per heavy atom. The largest absolute Gasteiger partial charge is 0.462 e. The summed E-state index contributed by atoms with van der Waals surface area (Å²) in [4.78, 5) is 24.0. The molecule has 0 aromatic rings. The monoisotopic (exact) mass is 383 g/mol. The van der Waals surface area contributed by atoms with Gasteiger partial charge in [0.2, 0.25) is 5.91 Å². The Kier molecular flexibility index (Phi) is 11.2. The van der Waals surface area contributed by atoms with E-state index in [0.29, 0.717) is 25.1 Å². The van der Waals surface area contributed by atoms with Crippen LogP contribution in [0.3, 0.4) is 0 Å². The average Bonchev–Trinajstić information content (AvgIpc) is 2.64. The van der Waals surface area contributed by atoms with Gasteiger partial charge in [-0.05, 0) is 44.7 Å². The minimum Gasteiger partial charge on any atom is -0.462 e. The zero-order chi connectivity index (χ0) is 20.2. The van der Waals surface area contributed by atoms with Crippen LogP contribution in [0.15, 0.2) is 11.6 Å². The van der Waals surface area contributed by atoms with Crippen molar-refractivity contribution in [3.05, 3.63) is 11.6 Å². The first-order valence-electron chi connectivity index (χ1n) is 10.2. The molecule has 1 rings (SSSR count). The van der Waals surface area contributed by atoms with Gasteiger partial charge >= 0.3 is 5.97 Å². The third-order valence-electron chi connectivity index (χ3n) is 4.86. The highest BCUT2D eigenvalue weighted by Crippen LogP contribution is 2.24. The van der Waals surface area contributed by atoms with Crippen molar-refractivity contribution in [1.82, 2.24) is 5.32 Å². The second kappa shape index (κ2) is 12.9. The number of hydrogen-bond donors (Lipinski definition) is 3. The van der Waals surface area contributed by atoms with Crippen LogP contribution in [0.25, 0.3) is 0 Å². The molecule has 0 radical (unpaired) electrons. The zero-order valence-electron chi connectivity index (χ0n) is 17.0. The van der Waals surface area contributed by atoms with Crippen LogP contribution in [-0.4, -0.2) is 49.3 Å². The van der Waals surface area contributed by atoms with E-state index in [0.717, 1.165) is 38.5 Å². The summed E-state index contributed by atoms with van der Waals surface area (Å²) in [6.45, 7) is 6.64. The SMILES string of the molecule is CCC(CC)O[C@@H]1C=C(C(=O)OCCCCCCN)C[C@H](N)[C@H]1NC(C)=O. The van der Waals surface area contributed by atoms with Crippen molar-refractivity contribution in [2.45, 2.75) is 90.0 Å². The van der Waals surface area contributed by atoms with Crippen LogP contribution < -0.4 is 16.8 Å². The van der Waals surface area contributed by atoms with Crippen LogP contribution >= 0.6 is 0 Å². The third kappa shape index (κ3) is 8.41. The van der Waals surface area contributed by atoms with Crippen LogP contribution in [0, 0.1) is 0 Å². The number of carbonyl (C=O) groups is 2. The van der Waals surface area contributed by atoms with Crippen molar-refractivity contribution in [2.75, 3.05) is 13.2 Å². The molecule has 0 aliphatic heterocycles. The molecule has 3 atom stereocenters. The van der Waals surface area contributed by atoms with E-state index in [1.807, 2.05) is 13.8 Å². The Hall–Kier alpha value is -1.44. The molecule has 0 spiro atoms. The van der Waals surface area contributed by atoms with Crippen LogP contribution in [0.1, 0.15) is 65.7 Å². The molecule has 156 valence electrons. The first kappa shape index (κ1) is 23.6. The van der Waals surface area contributed by atoms with Crippen LogP contribution in [0.5, 0.6) is 0 Å². The van der Waals surface area contributed by atoms with Crippen molar-refractivity contribution in [2.24, 2.45) is 11.5 Å². The summed E-state index contributed by atoms with van der Waals surface area (Å²) in [6.07, 6.45) is 7.32. The van der Waals surface area contributed by atoms with Crippen molar-refractivity contribution in [1.29, 1.82) is 0 Å². The molecule has 1 amide bonds. The van der Waals surface area contributed by atoms with Crippen molar-refractivity contribution < 1.29 is 19.1 Å². The minimum atomic E-state index is -0.436. The molecule has 0 aromatic heterocycles. The summed E-state index contributed by atoms with van der Waals surface area (Å²) in [5, 5.41) is 2.87. The van der Waals surface area contributed by atoms with Crippen LogP contribution in [0.2, 0.25) is 0 Å². The van der Waals surface area contributed by atoms with Gasteiger partial charge in [0, 0.05) is 18.5 Å². The van der Waals surface area contributed by atoms with Gasteiger partial charge in [0.15, 0.2) is 0 Å². The maximum Gasteiger partial charge on any atom is 0.333 e. The molecule has 7 nitrogen and oxygen atoms in total. The van der Waals surface area contributed by atoms with E-state index in [1.54, 1.807) is 6.08 Å². The van der Waals surface area contributed by atoms with Crippen molar-refractivity contribution in [3.63, 3.8) is 0 Å². The lowest BCUT2D eigenvalue weighted by Crippen LogP contribution is -2.57. The molecule has 0 bridgehead atoms. The van der Waals surface area contributed by atoms with E-state index in [9.17, 15) is 9.59 Å². The van der Waals surface area contributed by atoms with Crippen molar-refractivity contribution >= 4 is 11.9 Å². The first-order chi connectivity index (χ1) is 12.9. The number of unbranched alkanes of at least 4 members (excludes halogenated alkanes) is 3. The Morgan fingerprint density at radius 2 is 1.89 bits per heavy atom. The molecular formula is C20H37N3O4. The van der Waals surface area contributed by atoms with Gasteiger partial charge in [-0.2, -0.15) is 0 Å². The number of nitrogens with two attached hydrogens (primary N) is 2.